The van der Waals surface area contributed by atoms with Crippen molar-refractivity contribution >= 4 is 5.91 Å². The van der Waals surface area contributed by atoms with Crippen LogP contribution in [0.25, 0.3) is 0 Å². The van der Waals surface area contributed by atoms with E-state index in [-0.39, 0.29) is 17.8 Å². The Morgan fingerprint density at radius 1 is 1.29 bits per heavy atom. The first-order valence-corrected chi connectivity index (χ1v) is 6.24. The molecular formula is C14H18FNO. The molecule has 2 rings (SSSR count). The standard InChI is InChI=1S/C14H18FNO/c1-10-7-8-11(9-13(10)15)14(17)16-12-5-3-2-4-6-12/h7-9,12H,2-6H2,1H3,(H,16,17). The number of halogens is 1. The minimum absolute atomic E-state index is 0.157. The van der Waals surface area contributed by atoms with E-state index in [0.717, 1.165) is 12.8 Å². The van der Waals surface area contributed by atoms with Crippen LogP contribution in [-0.2, 0) is 0 Å². The fourth-order valence-electron chi connectivity index (χ4n) is 2.25. The highest BCUT2D eigenvalue weighted by atomic mass is 19.1. The second-order valence-corrected chi connectivity index (χ2v) is 4.77. The van der Waals surface area contributed by atoms with Crippen LogP contribution in [0, 0.1) is 12.7 Å². The van der Waals surface area contributed by atoms with Crippen molar-refractivity contribution in [2.75, 3.05) is 0 Å². The zero-order valence-corrected chi connectivity index (χ0v) is 10.1. The predicted molar refractivity (Wildman–Crippen MR) is 65.5 cm³/mol. The number of amides is 1. The Labute approximate surface area is 101 Å². The zero-order valence-electron chi connectivity index (χ0n) is 10.1. The first-order chi connectivity index (χ1) is 8.16. The van der Waals surface area contributed by atoms with Crippen molar-refractivity contribution in [1.29, 1.82) is 0 Å². The second-order valence-electron chi connectivity index (χ2n) is 4.77. The summed E-state index contributed by atoms with van der Waals surface area (Å²) in [4.78, 5) is 11.9. The lowest BCUT2D eigenvalue weighted by Crippen LogP contribution is -2.36. The van der Waals surface area contributed by atoms with E-state index in [0.29, 0.717) is 11.1 Å². The molecule has 1 aliphatic rings. The van der Waals surface area contributed by atoms with Gasteiger partial charge in [0, 0.05) is 11.6 Å². The van der Waals surface area contributed by atoms with Gasteiger partial charge in [-0.3, -0.25) is 4.79 Å². The van der Waals surface area contributed by atoms with Crippen molar-refractivity contribution in [1.82, 2.24) is 5.32 Å². The lowest BCUT2D eigenvalue weighted by Gasteiger charge is -2.22. The van der Waals surface area contributed by atoms with Crippen LogP contribution in [-0.4, -0.2) is 11.9 Å². The molecule has 1 fully saturated rings. The van der Waals surface area contributed by atoms with E-state index in [1.807, 2.05) is 0 Å². The van der Waals surface area contributed by atoms with Gasteiger partial charge in [-0.2, -0.15) is 0 Å². The molecule has 0 aromatic heterocycles. The lowest BCUT2D eigenvalue weighted by molar-refractivity contribution is 0.0927. The highest BCUT2D eigenvalue weighted by Gasteiger charge is 2.16. The van der Waals surface area contributed by atoms with E-state index in [9.17, 15) is 9.18 Å². The summed E-state index contributed by atoms with van der Waals surface area (Å²) in [7, 11) is 0. The number of hydrogen-bond acceptors (Lipinski definition) is 1. The summed E-state index contributed by atoms with van der Waals surface area (Å²) in [6, 6.07) is 4.90. The van der Waals surface area contributed by atoms with Crippen LogP contribution in [0.2, 0.25) is 0 Å². The fraction of sp³-hybridized carbons (Fsp3) is 0.500. The van der Waals surface area contributed by atoms with Gasteiger partial charge in [0.1, 0.15) is 5.82 Å². The molecule has 3 heteroatoms. The summed E-state index contributed by atoms with van der Waals surface area (Å²) in [5, 5.41) is 2.98. The van der Waals surface area contributed by atoms with Crippen LogP contribution >= 0.6 is 0 Å². The smallest absolute Gasteiger partial charge is 0.251 e. The molecule has 0 heterocycles. The van der Waals surface area contributed by atoms with Gasteiger partial charge in [-0.15, -0.1) is 0 Å². The highest BCUT2D eigenvalue weighted by Crippen LogP contribution is 2.18. The second kappa shape index (κ2) is 5.30. The SMILES string of the molecule is Cc1ccc(C(=O)NC2CCCCC2)cc1F. The molecule has 1 saturated carbocycles. The summed E-state index contributed by atoms with van der Waals surface area (Å²) in [5.74, 6) is -0.475. The lowest BCUT2D eigenvalue weighted by atomic mass is 9.95. The Bertz CT molecular complexity index is 411. The normalized spacial score (nSPS) is 16.8. The summed E-state index contributed by atoms with van der Waals surface area (Å²) in [6.07, 6.45) is 5.69. The van der Waals surface area contributed by atoms with Gasteiger partial charge in [0.05, 0.1) is 0 Å². The summed E-state index contributed by atoms with van der Waals surface area (Å²) >= 11 is 0. The van der Waals surface area contributed by atoms with E-state index >= 15 is 0 Å². The van der Waals surface area contributed by atoms with Crippen molar-refractivity contribution in [2.45, 2.75) is 45.1 Å². The molecule has 17 heavy (non-hydrogen) atoms. The minimum Gasteiger partial charge on any atom is -0.349 e. The Hall–Kier alpha value is -1.38. The summed E-state index contributed by atoms with van der Waals surface area (Å²) in [6.45, 7) is 1.69. The molecule has 1 aromatic carbocycles. The molecule has 1 aromatic rings. The first-order valence-electron chi connectivity index (χ1n) is 6.24. The van der Waals surface area contributed by atoms with Crippen LogP contribution in [0.4, 0.5) is 4.39 Å². The number of rotatable bonds is 2. The third-order valence-corrected chi connectivity index (χ3v) is 3.37. The van der Waals surface area contributed by atoms with Gasteiger partial charge in [-0.1, -0.05) is 25.3 Å². The van der Waals surface area contributed by atoms with Crippen LogP contribution < -0.4 is 5.32 Å². The van der Waals surface area contributed by atoms with Gasteiger partial charge in [-0.25, -0.2) is 4.39 Å². The molecule has 0 atom stereocenters. The number of hydrogen-bond donors (Lipinski definition) is 1. The van der Waals surface area contributed by atoms with Gasteiger partial charge < -0.3 is 5.32 Å². The minimum atomic E-state index is -0.318. The van der Waals surface area contributed by atoms with E-state index in [1.54, 1.807) is 19.1 Å². The quantitative estimate of drug-likeness (QED) is 0.838. The molecule has 1 amide bonds. The third-order valence-electron chi connectivity index (χ3n) is 3.37. The molecule has 0 bridgehead atoms. The van der Waals surface area contributed by atoms with Gasteiger partial charge in [-0.05, 0) is 37.5 Å². The Morgan fingerprint density at radius 2 is 2.00 bits per heavy atom. The first kappa shape index (κ1) is 12.1. The van der Waals surface area contributed by atoms with Crippen molar-refractivity contribution in [3.63, 3.8) is 0 Å². The van der Waals surface area contributed by atoms with Crippen molar-refractivity contribution < 1.29 is 9.18 Å². The van der Waals surface area contributed by atoms with E-state index < -0.39 is 0 Å². The predicted octanol–water partition coefficient (Wildman–Crippen LogP) is 3.20. The van der Waals surface area contributed by atoms with E-state index in [4.69, 9.17) is 0 Å². The molecule has 1 N–H and O–H groups in total. The number of carbonyl (C=O) groups is 1. The van der Waals surface area contributed by atoms with Crippen LogP contribution in [0.15, 0.2) is 18.2 Å². The van der Waals surface area contributed by atoms with Crippen molar-refractivity contribution in [2.24, 2.45) is 0 Å². The molecule has 0 radical (unpaired) electrons. The maximum atomic E-state index is 13.3. The zero-order chi connectivity index (χ0) is 12.3. The van der Waals surface area contributed by atoms with Crippen molar-refractivity contribution in [3.05, 3.63) is 35.1 Å². The maximum absolute atomic E-state index is 13.3. The third kappa shape index (κ3) is 3.05. The van der Waals surface area contributed by atoms with Crippen LogP contribution in [0.1, 0.15) is 48.0 Å². The molecule has 0 aliphatic heterocycles. The monoisotopic (exact) mass is 235 g/mol. The number of nitrogens with one attached hydrogen (secondary N) is 1. The molecule has 0 spiro atoms. The highest BCUT2D eigenvalue weighted by molar-refractivity contribution is 5.94. The van der Waals surface area contributed by atoms with Gasteiger partial charge in [0.25, 0.3) is 5.91 Å². The molecule has 0 saturated heterocycles. The Morgan fingerprint density at radius 3 is 2.65 bits per heavy atom. The number of aryl methyl sites for hydroxylation is 1. The average molecular weight is 235 g/mol. The summed E-state index contributed by atoms with van der Waals surface area (Å²) in [5.41, 5.74) is 0.984. The largest absolute Gasteiger partial charge is 0.349 e. The van der Waals surface area contributed by atoms with Gasteiger partial charge in [0.2, 0.25) is 0 Å². The van der Waals surface area contributed by atoms with Gasteiger partial charge >= 0.3 is 0 Å². The molecule has 1 aliphatic carbocycles. The molecular weight excluding hydrogens is 217 g/mol. The fourth-order valence-corrected chi connectivity index (χ4v) is 2.25. The number of carbonyl (C=O) groups excluding carboxylic acids is 1. The number of benzene rings is 1. The van der Waals surface area contributed by atoms with Crippen LogP contribution in [0.3, 0.4) is 0 Å². The van der Waals surface area contributed by atoms with Crippen LogP contribution in [0.5, 0.6) is 0 Å². The average Bonchev–Trinajstić information content (AvgIpc) is 2.34. The topological polar surface area (TPSA) is 29.1 Å². The van der Waals surface area contributed by atoms with Gasteiger partial charge in [0.15, 0.2) is 0 Å². The molecule has 0 unspecified atom stereocenters. The van der Waals surface area contributed by atoms with E-state index in [2.05, 4.69) is 5.32 Å². The Balaban J connectivity index is 2.01. The summed E-state index contributed by atoms with van der Waals surface area (Å²) < 4.78 is 13.3. The van der Waals surface area contributed by atoms with Crippen molar-refractivity contribution in [3.8, 4) is 0 Å². The Kier molecular flexibility index (Phi) is 3.77. The molecule has 2 nitrogen and oxygen atoms in total. The molecule has 92 valence electrons. The van der Waals surface area contributed by atoms with E-state index in [1.165, 1.54) is 25.3 Å². The maximum Gasteiger partial charge on any atom is 0.251 e.